The summed E-state index contributed by atoms with van der Waals surface area (Å²) in [4.78, 5) is 18.7. The van der Waals surface area contributed by atoms with Gasteiger partial charge in [0.1, 0.15) is 0 Å². The number of nitrogens with zero attached hydrogens (tertiary/aromatic N) is 2. The average Bonchev–Trinajstić information content (AvgIpc) is 2.66. The quantitative estimate of drug-likeness (QED) is 0.881. The van der Waals surface area contributed by atoms with Crippen molar-refractivity contribution in [2.24, 2.45) is 0 Å². The summed E-state index contributed by atoms with van der Waals surface area (Å²) in [5.41, 5.74) is 3.84. The lowest BCUT2D eigenvalue weighted by atomic mass is 9.99. The van der Waals surface area contributed by atoms with Gasteiger partial charge in [-0.2, -0.15) is 0 Å². The van der Waals surface area contributed by atoms with Gasteiger partial charge < -0.3 is 10.6 Å². The standard InChI is InChI=1S/C20H26N4O/c1-15(24-11-9-17-6-3-4-7-19(17)14-24)12-22-20(25)23-16(2)18-8-5-10-21-13-18/h3-8,10,13,15-16H,9,11-12,14H2,1-2H3,(H2,22,23,25)/t15-,16-/m0/s1. The van der Waals surface area contributed by atoms with E-state index >= 15 is 0 Å². The second-order valence-corrected chi connectivity index (χ2v) is 6.70. The van der Waals surface area contributed by atoms with Crippen LogP contribution in [0.15, 0.2) is 48.8 Å². The SMILES string of the molecule is C[C@H](NC(=O)NC[C@H](C)N1CCc2ccccc2C1)c1cccnc1. The molecule has 5 heteroatoms. The molecule has 0 radical (unpaired) electrons. The van der Waals surface area contributed by atoms with Gasteiger partial charge in [0.05, 0.1) is 6.04 Å². The molecule has 2 atom stereocenters. The van der Waals surface area contributed by atoms with Crippen LogP contribution in [0.25, 0.3) is 0 Å². The third kappa shape index (κ3) is 4.57. The fourth-order valence-corrected chi connectivity index (χ4v) is 3.23. The van der Waals surface area contributed by atoms with E-state index in [0.717, 1.165) is 25.1 Å². The molecular formula is C20H26N4O. The summed E-state index contributed by atoms with van der Waals surface area (Å²) >= 11 is 0. The summed E-state index contributed by atoms with van der Waals surface area (Å²) in [5.74, 6) is 0. The Balaban J connectivity index is 1.46. The lowest BCUT2D eigenvalue weighted by molar-refractivity contribution is 0.184. The molecule has 1 aromatic heterocycles. The monoisotopic (exact) mass is 338 g/mol. The summed E-state index contributed by atoms with van der Waals surface area (Å²) in [5, 5.41) is 5.95. The van der Waals surface area contributed by atoms with Gasteiger partial charge in [0.2, 0.25) is 0 Å². The lowest BCUT2D eigenvalue weighted by Crippen LogP contribution is -2.47. The number of rotatable bonds is 5. The van der Waals surface area contributed by atoms with Crippen molar-refractivity contribution >= 4 is 6.03 Å². The molecule has 2 N–H and O–H groups in total. The number of fused-ring (bicyclic) bond motifs is 1. The predicted octanol–water partition coefficient (Wildman–Crippen LogP) is 2.89. The van der Waals surface area contributed by atoms with Gasteiger partial charge in [0.15, 0.2) is 0 Å². The van der Waals surface area contributed by atoms with Gasteiger partial charge in [0, 0.05) is 38.1 Å². The van der Waals surface area contributed by atoms with E-state index in [4.69, 9.17) is 0 Å². The zero-order valence-electron chi connectivity index (χ0n) is 14.9. The Hall–Kier alpha value is -2.40. The Kier molecular flexibility index (Phi) is 5.66. The largest absolute Gasteiger partial charge is 0.337 e. The molecule has 0 saturated carbocycles. The zero-order chi connectivity index (χ0) is 17.6. The van der Waals surface area contributed by atoms with Crippen molar-refractivity contribution in [2.75, 3.05) is 13.1 Å². The van der Waals surface area contributed by atoms with Crippen LogP contribution in [0.1, 0.15) is 36.6 Å². The van der Waals surface area contributed by atoms with Crippen LogP contribution in [-0.2, 0) is 13.0 Å². The van der Waals surface area contributed by atoms with Crippen LogP contribution in [0.4, 0.5) is 4.79 Å². The van der Waals surface area contributed by atoms with E-state index in [0.29, 0.717) is 12.6 Å². The Morgan fingerprint density at radius 1 is 1.20 bits per heavy atom. The highest BCUT2D eigenvalue weighted by molar-refractivity contribution is 5.74. The number of urea groups is 1. The fraction of sp³-hybridized carbons (Fsp3) is 0.400. The number of hydrogen-bond donors (Lipinski definition) is 2. The molecule has 1 aliphatic rings. The second-order valence-electron chi connectivity index (χ2n) is 6.70. The van der Waals surface area contributed by atoms with Crippen LogP contribution in [0.3, 0.4) is 0 Å². The van der Waals surface area contributed by atoms with Crippen LogP contribution in [0.2, 0.25) is 0 Å². The lowest BCUT2D eigenvalue weighted by Gasteiger charge is -2.33. The first-order valence-electron chi connectivity index (χ1n) is 8.88. The minimum absolute atomic E-state index is 0.0640. The van der Waals surface area contributed by atoms with Crippen LogP contribution in [-0.4, -0.2) is 35.0 Å². The van der Waals surface area contributed by atoms with Crippen molar-refractivity contribution < 1.29 is 4.79 Å². The smallest absolute Gasteiger partial charge is 0.315 e. The van der Waals surface area contributed by atoms with E-state index in [2.05, 4.69) is 51.7 Å². The summed E-state index contributed by atoms with van der Waals surface area (Å²) < 4.78 is 0. The fourth-order valence-electron chi connectivity index (χ4n) is 3.23. The van der Waals surface area contributed by atoms with Gasteiger partial charge in [-0.3, -0.25) is 9.88 Å². The third-order valence-electron chi connectivity index (χ3n) is 4.87. The van der Waals surface area contributed by atoms with Crippen molar-refractivity contribution in [3.8, 4) is 0 Å². The number of hydrogen-bond acceptors (Lipinski definition) is 3. The summed E-state index contributed by atoms with van der Waals surface area (Å²) in [6, 6.07) is 12.5. The first-order chi connectivity index (χ1) is 12.1. The van der Waals surface area contributed by atoms with Crippen molar-refractivity contribution in [2.45, 2.75) is 38.9 Å². The highest BCUT2D eigenvalue weighted by Gasteiger charge is 2.20. The number of pyridine rings is 1. The topological polar surface area (TPSA) is 57.3 Å². The maximum Gasteiger partial charge on any atom is 0.315 e. The number of aromatic nitrogens is 1. The van der Waals surface area contributed by atoms with Crippen molar-refractivity contribution in [3.63, 3.8) is 0 Å². The van der Waals surface area contributed by atoms with Gasteiger partial charge in [-0.1, -0.05) is 30.3 Å². The molecule has 0 saturated heterocycles. The van der Waals surface area contributed by atoms with E-state index in [9.17, 15) is 4.79 Å². The molecule has 5 nitrogen and oxygen atoms in total. The Labute approximate surface area is 149 Å². The molecule has 0 bridgehead atoms. The highest BCUT2D eigenvalue weighted by Crippen LogP contribution is 2.20. The zero-order valence-corrected chi connectivity index (χ0v) is 14.9. The second kappa shape index (κ2) is 8.12. The maximum atomic E-state index is 12.2. The molecule has 0 spiro atoms. The predicted molar refractivity (Wildman–Crippen MR) is 99.2 cm³/mol. The van der Waals surface area contributed by atoms with E-state index in [1.165, 1.54) is 11.1 Å². The molecule has 2 aromatic rings. The third-order valence-corrected chi connectivity index (χ3v) is 4.87. The molecule has 132 valence electrons. The van der Waals surface area contributed by atoms with E-state index < -0.39 is 0 Å². The van der Waals surface area contributed by atoms with Gasteiger partial charge in [-0.05, 0) is 43.0 Å². The van der Waals surface area contributed by atoms with Gasteiger partial charge in [0.25, 0.3) is 0 Å². The maximum absolute atomic E-state index is 12.2. The molecule has 2 amide bonds. The first kappa shape index (κ1) is 17.4. The molecule has 2 heterocycles. The van der Waals surface area contributed by atoms with E-state index in [-0.39, 0.29) is 12.1 Å². The first-order valence-corrected chi connectivity index (χ1v) is 8.88. The normalized spacial score (nSPS) is 16.6. The van der Waals surface area contributed by atoms with E-state index in [1.54, 1.807) is 12.4 Å². The number of benzene rings is 1. The summed E-state index contributed by atoms with van der Waals surface area (Å²) in [6.07, 6.45) is 4.58. The highest BCUT2D eigenvalue weighted by atomic mass is 16.2. The molecular weight excluding hydrogens is 312 g/mol. The minimum Gasteiger partial charge on any atom is -0.337 e. The van der Waals surface area contributed by atoms with Crippen molar-refractivity contribution in [3.05, 3.63) is 65.5 Å². The van der Waals surface area contributed by atoms with Crippen LogP contribution in [0, 0.1) is 0 Å². The Bertz CT molecular complexity index is 704. The van der Waals surface area contributed by atoms with Crippen LogP contribution in [0.5, 0.6) is 0 Å². The molecule has 0 unspecified atom stereocenters. The molecule has 3 rings (SSSR count). The van der Waals surface area contributed by atoms with Gasteiger partial charge in [-0.25, -0.2) is 4.79 Å². The molecule has 25 heavy (non-hydrogen) atoms. The van der Waals surface area contributed by atoms with Crippen molar-refractivity contribution in [1.82, 2.24) is 20.5 Å². The number of carbonyl (C=O) groups is 1. The molecule has 0 aliphatic carbocycles. The summed E-state index contributed by atoms with van der Waals surface area (Å²) in [7, 11) is 0. The molecule has 1 aliphatic heterocycles. The Morgan fingerprint density at radius 3 is 2.76 bits per heavy atom. The van der Waals surface area contributed by atoms with Gasteiger partial charge in [-0.15, -0.1) is 0 Å². The Morgan fingerprint density at radius 2 is 2.00 bits per heavy atom. The van der Waals surface area contributed by atoms with Crippen LogP contribution >= 0.6 is 0 Å². The van der Waals surface area contributed by atoms with Crippen molar-refractivity contribution in [1.29, 1.82) is 0 Å². The van der Waals surface area contributed by atoms with Crippen LogP contribution < -0.4 is 10.6 Å². The van der Waals surface area contributed by atoms with Gasteiger partial charge >= 0.3 is 6.03 Å². The molecule has 1 aromatic carbocycles. The minimum atomic E-state index is -0.138. The van der Waals surface area contributed by atoms with E-state index in [1.807, 2.05) is 19.1 Å². The molecule has 0 fully saturated rings. The number of carbonyl (C=O) groups excluding carboxylic acids is 1. The summed E-state index contributed by atoms with van der Waals surface area (Å²) in [6.45, 7) is 6.74. The number of nitrogens with one attached hydrogen (secondary N) is 2. The number of amides is 2. The average molecular weight is 338 g/mol.